The van der Waals surface area contributed by atoms with Gasteiger partial charge >= 0.3 is 6.61 Å². The van der Waals surface area contributed by atoms with Crippen LogP contribution in [0, 0.1) is 6.92 Å². The van der Waals surface area contributed by atoms with Gasteiger partial charge in [-0.15, -0.1) is 11.3 Å². The SMILES string of the molecule is Cc1cc(OC(F)F)c(C(=O)NCCNc2ccccn2)s1. The summed E-state index contributed by atoms with van der Waals surface area (Å²) in [6, 6.07) is 6.88. The fraction of sp³-hybridized carbons (Fsp3) is 0.286. The third-order valence-corrected chi connectivity index (χ3v) is 3.66. The van der Waals surface area contributed by atoms with Crippen LogP contribution in [0.15, 0.2) is 30.5 Å². The van der Waals surface area contributed by atoms with Crippen molar-refractivity contribution in [1.29, 1.82) is 0 Å². The monoisotopic (exact) mass is 327 g/mol. The van der Waals surface area contributed by atoms with Gasteiger partial charge in [0.15, 0.2) is 0 Å². The first-order valence-corrected chi connectivity index (χ1v) is 7.36. The molecule has 0 atom stereocenters. The average Bonchev–Trinajstić information content (AvgIpc) is 2.84. The first kappa shape index (κ1) is 16.2. The minimum Gasteiger partial charge on any atom is -0.433 e. The van der Waals surface area contributed by atoms with E-state index in [1.54, 1.807) is 25.3 Å². The molecule has 2 N–H and O–H groups in total. The van der Waals surface area contributed by atoms with Crippen LogP contribution in [0.2, 0.25) is 0 Å². The molecule has 2 aromatic heterocycles. The molecule has 2 aromatic rings. The van der Waals surface area contributed by atoms with Crippen molar-refractivity contribution in [3.8, 4) is 5.75 Å². The molecule has 0 spiro atoms. The molecule has 0 bridgehead atoms. The number of nitrogens with one attached hydrogen (secondary N) is 2. The van der Waals surface area contributed by atoms with Crippen LogP contribution >= 0.6 is 11.3 Å². The van der Waals surface area contributed by atoms with Crippen LogP contribution in [-0.2, 0) is 0 Å². The van der Waals surface area contributed by atoms with Gasteiger partial charge in [-0.2, -0.15) is 8.78 Å². The maximum absolute atomic E-state index is 12.3. The van der Waals surface area contributed by atoms with E-state index in [1.807, 2.05) is 6.07 Å². The second-order valence-corrected chi connectivity index (χ2v) is 5.58. The lowest BCUT2D eigenvalue weighted by Gasteiger charge is -2.08. The van der Waals surface area contributed by atoms with Gasteiger partial charge in [-0.3, -0.25) is 4.79 Å². The highest BCUT2D eigenvalue weighted by Gasteiger charge is 2.18. The van der Waals surface area contributed by atoms with E-state index in [0.717, 1.165) is 16.2 Å². The van der Waals surface area contributed by atoms with E-state index in [9.17, 15) is 13.6 Å². The van der Waals surface area contributed by atoms with Crippen molar-refractivity contribution in [1.82, 2.24) is 10.3 Å². The Labute approximate surface area is 130 Å². The number of rotatable bonds is 7. The smallest absolute Gasteiger partial charge is 0.387 e. The number of carbonyl (C=O) groups excluding carboxylic acids is 1. The van der Waals surface area contributed by atoms with Crippen molar-refractivity contribution < 1.29 is 18.3 Å². The molecule has 0 aromatic carbocycles. The minimum atomic E-state index is -2.95. The molecular formula is C14H15F2N3O2S. The molecule has 1 amide bonds. The van der Waals surface area contributed by atoms with Crippen LogP contribution in [0.1, 0.15) is 14.5 Å². The number of carbonyl (C=O) groups is 1. The van der Waals surface area contributed by atoms with Crippen molar-refractivity contribution >= 4 is 23.1 Å². The number of ether oxygens (including phenoxy) is 1. The van der Waals surface area contributed by atoms with Crippen LogP contribution < -0.4 is 15.4 Å². The average molecular weight is 327 g/mol. The highest BCUT2D eigenvalue weighted by molar-refractivity contribution is 7.14. The van der Waals surface area contributed by atoms with E-state index in [4.69, 9.17) is 0 Å². The molecule has 0 radical (unpaired) electrons. The number of amides is 1. The summed E-state index contributed by atoms with van der Waals surface area (Å²) in [6.45, 7) is -0.424. The van der Waals surface area contributed by atoms with Crippen LogP contribution in [-0.4, -0.2) is 30.6 Å². The molecular weight excluding hydrogens is 312 g/mol. The number of halogens is 2. The van der Waals surface area contributed by atoms with Gasteiger partial charge in [-0.1, -0.05) is 6.07 Å². The quantitative estimate of drug-likeness (QED) is 0.768. The van der Waals surface area contributed by atoms with Gasteiger partial charge in [0.25, 0.3) is 5.91 Å². The Morgan fingerprint density at radius 2 is 2.23 bits per heavy atom. The van der Waals surface area contributed by atoms with Gasteiger partial charge in [0.1, 0.15) is 16.4 Å². The zero-order valence-corrected chi connectivity index (χ0v) is 12.6. The summed E-state index contributed by atoms with van der Waals surface area (Å²) in [5.41, 5.74) is 0. The lowest BCUT2D eigenvalue weighted by molar-refractivity contribution is -0.0498. The highest BCUT2D eigenvalue weighted by atomic mass is 32.1. The molecule has 0 saturated carbocycles. The highest BCUT2D eigenvalue weighted by Crippen LogP contribution is 2.29. The van der Waals surface area contributed by atoms with E-state index in [1.165, 1.54) is 6.07 Å². The topological polar surface area (TPSA) is 63.2 Å². The number of aromatic nitrogens is 1. The van der Waals surface area contributed by atoms with Crippen molar-refractivity contribution in [2.75, 3.05) is 18.4 Å². The normalized spacial score (nSPS) is 10.5. The Morgan fingerprint density at radius 3 is 2.91 bits per heavy atom. The number of aryl methyl sites for hydroxylation is 1. The van der Waals surface area contributed by atoms with Gasteiger partial charge in [-0.05, 0) is 25.1 Å². The van der Waals surface area contributed by atoms with Crippen molar-refractivity contribution in [2.24, 2.45) is 0 Å². The Balaban J connectivity index is 1.84. The molecule has 8 heteroatoms. The second-order valence-electron chi connectivity index (χ2n) is 4.33. The van der Waals surface area contributed by atoms with Gasteiger partial charge < -0.3 is 15.4 Å². The maximum Gasteiger partial charge on any atom is 0.387 e. The van der Waals surface area contributed by atoms with Crippen molar-refractivity contribution in [2.45, 2.75) is 13.5 Å². The third-order valence-electron chi connectivity index (χ3n) is 2.63. The van der Waals surface area contributed by atoms with Crippen molar-refractivity contribution in [3.63, 3.8) is 0 Å². The molecule has 0 aliphatic heterocycles. The van der Waals surface area contributed by atoms with Crippen LogP contribution in [0.4, 0.5) is 14.6 Å². The zero-order chi connectivity index (χ0) is 15.9. The largest absolute Gasteiger partial charge is 0.433 e. The zero-order valence-electron chi connectivity index (χ0n) is 11.8. The van der Waals surface area contributed by atoms with Crippen LogP contribution in [0.25, 0.3) is 0 Å². The van der Waals surface area contributed by atoms with Gasteiger partial charge in [0, 0.05) is 24.2 Å². The minimum absolute atomic E-state index is 0.0901. The molecule has 118 valence electrons. The summed E-state index contributed by atoms with van der Waals surface area (Å²) in [6.07, 6.45) is 1.66. The molecule has 0 aliphatic carbocycles. The number of hydrogen-bond acceptors (Lipinski definition) is 5. The molecule has 5 nitrogen and oxygen atoms in total. The first-order chi connectivity index (χ1) is 10.6. The molecule has 2 heterocycles. The predicted octanol–water partition coefficient (Wildman–Crippen LogP) is 2.89. The summed E-state index contributed by atoms with van der Waals surface area (Å²) >= 11 is 1.12. The summed E-state index contributed by atoms with van der Waals surface area (Å²) in [7, 11) is 0. The fourth-order valence-corrected chi connectivity index (χ4v) is 2.61. The molecule has 0 fully saturated rings. The molecule has 0 unspecified atom stereocenters. The van der Waals surface area contributed by atoms with Crippen LogP contribution in [0.5, 0.6) is 5.75 Å². The van der Waals surface area contributed by atoms with E-state index in [2.05, 4.69) is 20.4 Å². The van der Waals surface area contributed by atoms with E-state index in [0.29, 0.717) is 18.9 Å². The Kier molecular flexibility index (Phi) is 5.65. The van der Waals surface area contributed by atoms with Crippen LogP contribution in [0.3, 0.4) is 0 Å². The summed E-state index contributed by atoms with van der Waals surface area (Å²) in [5.74, 6) is 0.176. The maximum atomic E-state index is 12.3. The number of hydrogen-bond donors (Lipinski definition) is 2. The Bertz CT molecular complexity index is 620. The number of anilines is 1. The number of nitrogens with zero attached hydrogens (tertiary/aromatic N) is 1. The fourth-order valence-electron chi connectivity index (χ4n) is 1.75. The number of pyridine rings is 1. The number of alkyl halides is 2. The third kappa shape index (κ3) is 4.66. The first-order valence-electron chi connectivity index (χ1n) is 6.54. The van der Waals surface area contributed by atoms with Gasteiger partial charge in [-0.25, -0.2) is 4.98 Å². The molecule has 0 saturated heterocycles. The Hall–Kier alpha value is -2.22. The summed E-state index contributed by atoms with van der Waals surface area (Å²) in [4.78, 5) is 17.0. The standard InChI is InChI=1S/C14H15F2N3O2S/c1-9-8-10(21-14(15)16)12(22-9)13(20)19-7-6-18-11-4-2-3-5-17-11/h2-5,8,14H,6-7H2,1H3,(H,17,18)(H,19,20). The molecule has 22 heavy (non-hydrogen) atoms. The lowest BCUT2D eigenvalue weighted by Crippen LogP contribution is -2.28. The van der Waals surface area contributed by atoms with E-state index >= 15 is 0 Å². The van der Waals surface area contributed by atoms with Gasteiger partial charge in [0.2, 0.25) is 0 Å². The van der Waals surface area contributed by atoms with Crippen molar-refractivity contribution in [3.05, 3.63) is 40.2 Å². The molecule has 2 rings (SSSR count). The lowest BCUT2D eigenvalue weighted by atomic mass is 10.3. The summed E-state index contributed by atoms with van der Waals surface area (Å²) in [5, 5.41) is 5.68. The van der Waals surface area contributed by atoms with Gasteiger partial charge in [0.05, 0.1) is 0 Å². The Morgan fingerprint density at radius 1 is 1.41 bits per heavy atom. The predicted molar refractivity (Wildman–Crippen MR) is 80.7 cm³/mol. The van der Waals surface area contributed by atoms with E-state index < -0.39 is 12.5 Å². The van der Waals surface area contributed by atoms with E-state index in [-0.39, 0.29) is 10.6 Å². The number of thiophene rings is 1. The second kappa shape index (κ2) is 7.69. The molecule has 0 aliphatic rings. The summed E-state index contributed by atoms with van der Waals surface area (Å²) < 4.78 is 29.0.